The summed E-state index contributed by atoms with van der Waals surface area (Å²) in [6.45, 7) is 2.03. The largest absolute Gasteiger partial charge is 0.332 e. The number of hydrogen-bond donors (Lipinski definition) is 3. The number of amides is 1. The number of carbonyl (C=O) groups excluding carboxylic acids is 1. The average molecular weight is 422 g/mol. The number of benzene rings is 2. The normalized spacial score (nSPS) is 12.7. The molecule has 0 bridgehead atoms. The van der Waals surface area contributed by atoms with E-state index in [4.69, 9.17) is 12.2 Å². The summed E-state index contributed by atoms with van der Waals surface area (Å²) in [5.41, 5.74) is 4.76. The molecule has 0 spiro atoms. The second-order valence-corrected chi connectivity index (χ2v) is 8.69. The van der Waals surface area contributed by atoms with Crippen LogP contribution in [0, 0.1) is 6.92 Å². The van der Waals surface area contributed by atoms with Crippen molar-refractivity contribution in [2.24, 2.45) is 0 Å². The highest BCUT2D eigenvalue weighted by molar-refractivity contribution is 7.80. The molecule has 2 aromatic carbocycles. The Kier molecular flexibility index (Phi) is 5.92. The van der Waals surface area contributed by atoms with Crippen LogP contribution in [0.5, 0.6) is 0 Å². The van der Waals surface area contributed by atoms with Crippen molar-refractivity contribution in [3.8, 4) is 0 Å². The summed E-state index contributed by atoms with van der Waals surface area (Å²) in [6, 6.07) is 17.6. The van der Waals surface area contributed by atoms with Crippen LogP contribution in [0.25, 0.3) is 0 Å². The molecule has 6 heteroatoms. The SMILES string of the molecule is Cc1ccc(NC(=O)c2c(NC(=S)Nc3ccccc3)sc3c2CCCC3)cc1. The lowest BCUT2D eigenvalue weighted by molar-refractivity contribution is 0.102. The van der Waals surface area contributed by atoms with E-state index in [1.54, 1.807) is 11.3 Å². The quantitative estimate of drug-likeness (QED) is 0.453. The van der Waals surface area contributed by atoms with Gasteiger partial charge in [0.05, 0.1) is 5.56 Å². The van der Waals surface area contributed by atoms with Gasteiger partial charge in [-0.1, -0.05) is 35.9 Å². The third kappa shape index (κ3) is 4.66. The van der Waals surface area contributed by atoms with E-state index >= 15 is 0 Å². The molecule has 0 aliphatic heterocycles. The van der Waals surface area contributed by atoms with Crippen molar-refractivity contribution < 1.29 is 4.79 Å². The summed E-state index contributed by atoms with van der Waals surface area (Å²) in [4.78, 5) is 14.5. The molecule has 3 aromatic rings. The fourth-order valence-electron chi connectivity index (χ4n) is 3.51. The van der Waals surface area contributed by atoms with Gasteiger partial charge in [-0.3, -0.25) is 4.79 Å². The number of rotatable bonds is 4. The molecule has 0 unspecified atom stereocenters. The van der Waals surface area contributed by atoms with Crippen molar-refractivity contribution >= 4 is 51.0 Å². The first kappa shape index (κ1) is 19.6. The first-order chi connectivity index (χ1) is 14.1. The Bertz CT molecular complexity index is 1030. The van der Waals surface area contributed by atoms with Gasteiger partial charge < -0.3 is 16.0 Å². The molecule has 1 aliphatic carbocycles. The lowest BCUT2D eigenvalue weighted by Gasteiger charge is -2.14. The molecule has 148 valence electrons. The number of aryl methyl sites for hydroxylation is 2. The number of thiocarbonyl (C=S) groups is 1. The lowest BCUT2D eigenvalue weighted by Crippen LogP contribution is -2.21. The van der Waals surface area contributed by atoms with Crippen molar-refractivity contribution in [2.45, 2.75) is 32.6 Å². The Hall–Kier alpha value is -2.70. The summed E-state index contributed by atoms with van der Waals surface area (Å²) in [5, 5.41) is 10.8. The van der Waals surface area contributed by atoms with Crippen LogP contribution in [0.4, 0.5) is 16.4 Å². The van der Waals surface area contributed by atoms with Crippen LogP contribution in [-0.2, 0) is 12.8 Å². The highest BCUT2D eigenvalue weighted by atomic mass is 32.1. The minimum absolute atomic E-state index is 0.0849. The molecule has 4 rings (SSSR count). The maximum Gasteiger partial charge on any atom is 0.258 e. The van der Waals surface area contributed by atoms with Crippen molar-refractivity contribution in [1.82, 2.24) is 0 Å². The van der Waals surface area contributed by atoms with E-state index in [-0.39, 0.29) is 5.91 Å². The zero-order valence-electron chi connectivity index (χ0n) is 16.2. The number of nitrogens with one attached hydrogen (secondary N) is 3. The molecule has 1 heterocycles. The Balaban J connectivity index is 1.58. The van der Waals surface area contributed by atoms with Gasteiger partial charge in [0.25, 0.3) is 5.91 Å². The summed E-state index contributed by atoms with van der Waals surface area (Å²) < 4.78 is 0. The van der Waals surface area contributed by atoms with E-state index in [1.807, 2.05) is 61.5 Å². The van der Waals surface area contributed by atoms with Crippen LogP contribution >= 0.6 is 23.6 Å². The van der Waals surface area contributed by atoms with Gasteiger partial charge in [0.2, 0.25) is 0 Å². The van der Waals surface area contributed by atoms with Crippen LogP contribution < -0.4 is 16.0 Å². The second-order valence-electron chi connectivity index (χ2n) is 7.18. The molecule has 4 nitrogen and oxygen atoms in total. The van der Waals surface area contributed by atoms with E-state index in [2.05, 4.69) is 16.0 Å². The molecule has 0 saturated carbocycles. The number of hydrogen-bond acceptors (Lipinski definition) is 3. The van der Waals surface area contributed by atoms with E-state index in [1.165, 1.54) is 11.3 Å². The smallest absolute Gasteiger partial charge is 0.258 e. The van der Waals surface area contributed by atoms with Gasteiger partial charge in [0.15, 0.2) is 5.11 Å². The van der Waals surface area contributed by atoms with Crippen LogP contribution in [0.1, 0.15) is 39.2 Å². The van der Waals surface area contributed by atoms with E-state index < -0.39 is 0 Å². The highest BCUT2D eigenvalue weighted by Gasteiger charge is 2.26. The zero-order chi connectivity index (χ0) is 20.2. The Morgan fingerprint density at radius 2 is 1.59 bits per heavy atom. The number of anilines is 3. The average Bonchev–Trinajstić information content (AvgIpc) is 3.08. The Labute approximate surface area is 180 Å². The summed E-state index contributed by atoms with van der Waals surface area (Å²) in [7, 11) is 0. The highest BCUT2D eigenvalue weighted by Crippen LogP contribution is 2.38. The fraction of sp³-hybridized carbons (Fsp3) is 0.217. The van der Waals surface area contributed by atoms with Crippen LogP contribution in [-0.4, -0.2) is 11.0 Å². The fourth-order valence-corrected chi connectivity index (χ4v) is 5.09. The van der Waals surface area contributed by atoms with E-state index in [0.29, 0.717) is 5.11 Å². The minimum atomic E-state index is -0.0849. The number of thiophene rings is 1. The first-order valence-corrected chi connectivity index (χ1v) is 11.0. The summed E-state index contributed by atoms with van der Waals surface area (Å²) >= 11 is 7.14. The second kappa shape index (κ2) is 8.76. The van der Waals surface area contributed by atoms with Crippen LogP contribution in [0.2, 0.25) is 0 Å². The monoisotopic (exact) mass is 421 g/mol. The third-order valence-corrected chi connectivity index (χ3v) is 6.38. The van der Waals surface area contributed by atoms with Crippen molar-refractivity contribution in [3.05, 3.63) is 76.2 Å². The van der Waals surface area contributed by atoms with E-state index in [9.17, 15) is 4.79 Å². The van der Waals surface area contributed by atoms with Gasteiger partial charge >= 0.3 is 0 Å². The standard InChI is InChI=1S/C23H23N3OS2/c1-15-11-13-17(14-12-15)24-21(27)20-18-9-5-6-10-19(18)29-22(20)26-23(28)25-16-7-3-2-4-8-16/h2-4,7-8,11-14H,5-6,9-10H2,1H3,(H,24,27)(H2,25,26,28). The van der Waals surface area contributed by atoms with Gasteiger partial charge in [0, 0.05) is 16.3 Å². The summed E-state index contributed by atoms with van der Waals surface area (Å²) in [5.74, 6) is -0.0849. The number of para-hydroxylation sites is 1. The topological polar surface area (TPSA) is 53.2 Å². The van der Waals surface area contributed by atoms with Gasteiger partial charge in [-0.05, 0) is 74.7 Å². The van der Waals surface area contributed by atoms with Gasteiger partial charge in [-0.15, -0.1) is 11.3 Å². The van der Waals surface area contributed by atoms with Crippen LogP contribution in [0.15, 0.2) is 54.6 Å². The van der Waals surface area contributed by atoms with Gasteiger partial charge in [0.1, 0.15) is 5.00 Å². The molecule has 3 N–H and O–H groups in total. The molecule has 1 aromatic heterocycles. The predicted molar refractivity (Wildman–Crippen MR) is 126 cm³/mol. The predicted octanol–water partition coefficient (Wildman–Crippen LogP) is 6.00. The molecule has 1 amide bonds. The Morgan fingerprint density at radius 3 is 2.34 bits per heavy atom. The molecule has 0 radical (unpaired) electrons. The van der Waals surface area contributed by atoms with Gasteiger partial charge in [-0.25, -0.2) is 0 Å². The van der Waals surface area contributed by atoms with E-state index in [0.717, 1.165) is 52.3 Å². The number of carbonyl (C=O) groups is 1. The molecular formula is C23H23N3OS2. The third-order valence-electron chi connectivity index (χ3n) is 4.97. The summed E-state index contributed by atoms with van der Waals surface area (Å²) in [6.07, 6.45) is 4.23. The number of fused-ring (bicyclic) bond motifs is 1. The minimum Gasteiger partial charge on any atom is -0.332 e. The van der Waals surface area contributed by atoms with Crippen LogP contribution in [0.3, 0.4) is 0 Å². The van der Waals surface area contributed by atoms with Crippen molar-refractivity contribution in [1.29, 1.82) is 0 Å². The first-order valence-electron chi connectivity index (χ1n) is 9.76. The molecular weight excluding hydrogens is 398 g/mol. The molecule has 0 fully saturated rings. The molecule has 0 atom stereocenters. The maximum absolute atomic E-state index is 13.2. The maximum atomic E-state index is 13.2. The van der Waals surface area contributed by atoms with Gasteiger partial charge in [-0.2, -0.15) is 0 Å². The Morgan fingerprint density at radius 1 is 0.897 bits per heavy atom. The van der Waals surface area contributed by atoms with Crippen molar-refractivity contribution in [3.63, 3.8) is 0 Å². The zero-order valence-corrected chi connectivity index (χ0v) is 17.9. The molecule has 29 heavy (non-hydrogen) atoms. The molecule has 1 aliphatic rings. The lowest BCUT2D eigenvalue weighted by atomic mass is 9.95. The molecule has 0 saturated heterocycles. The van der Waals surface area contributed by atoms with Crippen molar-refractivity contribution in [2.75, 3.05) is 16.0 Å².